The number of pyridine rings is 1. The highest BCUT2D eigenvalue weighted by Crippen LogP contribution is 2.16. The molecule has 3 aromatic rings. The lowest BCUT2D eigenvalue weighted by Crippen LogP contribution is -2.43. The minimum absolute atomic E-state index is 0.361. The van der Waals surface area contributed by atoms with Crippen molar-refractivity contribution in [3.8, 4) is 0 Å². The molecule has 0 aliphatic carbocycles. The molecule has 1 amide bonds. The van der Waals surface area contributed by atoms with Gasteiger partial charge >= 0.3 is 5.69 Å². The number of thioether (sulfide) groups is 1. The van der Waals surface area contributed by atoms with E-state index in [0.29, 0.717) is 28.8 Å². The average Bonchev–Trinajstić information content (AvgIpc) is 2.65. The Balaban J connectivity index is 2.05. The van der Waals surface area contributed by atoms with Crippen LogP contribution in [0.25, 0.3) is 10.9 Å². The summed E-state index contributed by atoms with van der Waals surface area (Å²) in [4.78, 5) is 44.8. The van der Waals surface area contributed by atoms with Gasteiger partial charge in [0.1, 0.15) is 6.04 Å². The normalized spacial score (nSPS) is 12.0. The second-order valence-electron chi connectivity index (χ2n) is 5.67. The van der Waals surface area contributed by atoms with Crippen molar-refractivity contribution in [3.05, 3.63) is 69.6 Å². The number of amides is 1. The molecule has 0 saturated heterocycles. The molecule has 3 rings (SSSR count). The van der Waals surface area contributed by atoms with E-state index in [1.807, 2.05) is 6.26 Å². The van der Waals surface area contributed by atoms with E-state index in [1.165, 1.54) is 0 Å². The van der Waals surface area contributed by atoms with Crippen LogP contribution in [0.4, 0.5) is 5.69 Å². The summed E-state index contributed by atoms with van der Waals surface area (Å²) in [6, 6.07) is 9.15. The van der Waals surface area contributed by atoms with E-state index in [0.717, 1.165) is 4.57 Å². The third kappa shape index (κ3) is 3.70. The van der Waals surface area contributed by atoms with Gasteiger partial charge in [0.05, 0.1) is 10.9 Å². The zero-order valence-electron chi connectivity index (χ0n) is 14.1. The fraction of sp³-hybridized carbons (Fsp3) is 0.222. The molecule has 1 unspecified atom stereocenters. The number of anilines is 1. The molecular weight excluding hydrogens is 352 g/mol. The standard InChI is InChI=1S/C18H18N4O3S/c1-26-11-8-15(16(23)20-12-6-9-19-10-7-12)22-17(24)13-4-2-3-5-14(13)21-18(22)25/h2-7,9-10,15H,8,11H2,1H3,(H,21,25)(H,19,20,23). The first-order chi connectivity index (χ1) is 12.6. The highest BCUT2D eigenvalue weighted by atomic mass is 32.2. The predicted octanol–water partition coefficient (Wildman–Crippen LogP) is 2.02. The summed E-state index contributed by atoms with van der Waals surface area (Å²) in [5.41, 5.74) is -0.0497. The van der Waals surface area contributed by atoms with Gasteiger partial charge in [0.25, 0.3) is 5.56 Å². The van der Waals surface area contributed by atoms with Crippen LogP contribution in [0, 0.1) is 0 Å². The third-order valence-electron chi connectivity index (χ3n) is 3.99. The van der Waals surface area contributed by atoms with Crippen molar-refractivity contribution < 1.29 is 4.79 Å². The minimum atomic E-state index is -0.906. The summed E-state index contributed by atoms with van der Waals surface area (Å²) in [6.45, 7) is 0. The largest absolute Gasteiger partial charge is 0.329 e. The maximum absolute atomic E-state index is 12.9. The molecule has 134 valence electrons. The number of benzene rings is 1. The van der Waals surface area contributed by atoms with Gasteiger partial charge in [0.2, 0.25) is 5.91 Å². The number of nitrogens with one attached hydrogen (secondary N) is 2. The van der Waals surface area contributed by atoms with Crippen molar-refractivity contribution in [2.45, 2.75) is 12.5 Å². The maximum Gasteiger partial charge on any atom is 0.329 e. The first kappa shape index (κ1) is 17.9. The first-order valence-electron chi connectivity index (χ1n) is 8.05. The SMILES string of the molecule is CSCCC(C(=O)Nc1ccncc1)n1c(=O)[nH]c2ccccc2c1=O. The summed E-state index contributed by atoms with van der Waals surface area (Å²) in [5.74, 6) is 0.223. The molecule has 7 nitrogen and oxygen atoms in total. The van der Waals surface area contributed by atoms with E-state index in [2.05, 4.69) is 15.3 Å². The smallest absolute Gasteiger partial charge is 0.324 e. The molecule has 2 aromatic heterocycles. The summed E-state index contributed by atoms with van der Waals surface area (Å²) >= 11 is 1.55. The zero-order chi connectivity index (χ0) is 18.5. The number of aromatic amines is 1. The Morgan fingerprint density at radius 3 is 2.69 bits per heavy atom. The van der Waals surface area contributed by atoms with E-state index in [1.54, 1.807) is 60.6 Å². The average molecular weight is 370 g/mol. The molecule has 0 aliphatic rings. The van der Waals surface area contributed by atoms with Gasteiger partial charge in [-0.25, -0.2) is 9.36 Å². The Morgan fingerprint density at radius 2 is 1.96 bits per heavy atom. The molecule has 2 heterocycles. The van der Waals surface area contributed by atoms with Gasteiger partial charge in [-0.05, 0) is 42.7 Å². The number of hydrogen-bond acceptors (Lipinski definition) is 5. The van der Waals surface area contributed by atoms with Crippen LogP contribution in [0.2, 0.25) is 0 Å². The number of H-pyrrole nitrogens is 1. The van der Waals surface area contributed by atoms with Crippen molar-refractivity contribution in [1.82, 2.24) is 14.5 Å². The van der Waals surface area contributed by atoms with Crippen molar-refractivity contribution in [3.63, 3.8) is 0 Å². The number of rotatable bonds is 6. The first-order valence-corrected chi connectivity index (χ1v) is 9.44. The topological polar surface area (TPSA) is 96.8 Å². The van der Waals surface area contributed by atoms with Crippen LogP contribution in [-0.2, 0) is 4.79 Å². The van der Waals surface area contributed by atoms with E-state index in [4.69, 9.17) is 0 Å². The molecule has 0 radical (unpaired) electrons. The van der Waals surface area contributed by atoms with Crippen molar-refractivity contribution in [2.24, 2.45) is 0 Å². The van der Waals surface area contributed by atoms with E-state index >= 15 is 0 Å². The summed E-state index contributed by atoms with van der Waals surface area (Å²) < 4.78 is 1.01. The molecule has 0 bridgehead atoms. The van der Waals surface area contributed by atoms with Crippen molar-refractivity contribution >= 4 is 34.3 Å². The van der Waals surface area contributed by atoms with Crippen LogP contribution in [0.5, 0.6) is 0 Å². The molecule has 0 aliphatic heterocycles. The third-order valence-corrected chi connectivity index (χ3v) is 4.64. The Bertz CT molecular complexity index is 1030. The van der Waals surface area contributed by atoms with Crippen LogP contribution >= 0.6 is 11.8 Å². The maximum atomic E-state index is 12.9. The van der Waals surface area contributed by atoms with E-state index in [9.17, 15) is 14.4 Å². The molecule has 1 aromatic carbocycles. The van der Waals surface area contributed by atoms with Crippen LogP contribution < -0.4 is 16.6 Å². The molecular formula is C18H18N4O3S. The molecule has 0 fully saturated rings. The van der Waals surface area contributed by atoms with E-state index in [-0.39, 0.29) is 0 Å². The zero-order valence-corrected chi connectivity index (χ0v) is 15.0. The summed E-state index contributed by atoms with van der Waals surface area (Å²) in [5, 5.41) is 3.12. The highest BCUT2D eigenvalue weighted by molar-refractivity contribution is 7.98. The molecule has 0 saturated carbocycles. The van der Waals surface area contributed by atoms with Crippen LogP contribution in [0.1, 0.15) is 12.5 Å². The van der Waals surface area contributed by atoms with Gasteiger partial charge in [0.15, 0.2) is 0 Å². The predicted molar refractivity (Wildman–Crippen MR) is 104 cm³/mol. The molecule has 8 heteroatoms. The Kier molecular flexibility index (Phi) is 5.52. The van der Waals surface area contributed by atoms with Crippen molar-refractivity contribution in [1.29, 1.82) is 0 Å². The molecule has 1 atom stereocenters. The second-order valence-corrected chi connectivity index (χ2v) is 6.66. The van der Waals surface area contributed by atoms with Gasteiger partial charge in [-0.15, -0.1) is 0 Å². The van der Waals surface area contributed by atoms with Gasteiger partial charge < -0.3 is 10.3 Å². The fourth-order valence-corrected chi connectivity index (χ4v) is 3.19. The lowest BCUT2D eigenvalue weighted by Gasteiger charge is -2.18. The number of hydrogen-bond donors (Lipinski definition) is 2. The fourth-order valence-electron chi connectivity index (χ4n) is 2.73. The number of nitrogens with zero attached hydrogens (tertiary/aromatic N) is 2. The quantitative estimate of drug-likeness (QED) is 0.692. The van der Waals surface area contributed by atoms with Crippen LogP contribution in [-0.4, -0.2) is 32.5 Å². The Hall–Kier alpha value is -2.87. The molecule has 26 heavy (non-hydrogen) atoms. The number of carbonyl (C=O) groups excluding carboxylic acids is 1. The Morgan fingerprint density at radius 1 is 1.23 bits per heavy atom. The van der Waals surface area contributed by atoms with Crippen LogP contribution in [0.3, 0.4) is 0 Å². The van der Waals surface area contributed by atoms with Gasteiger partial charge in [-0.2, -0.15) is 11.8 Å². The number of para-hydroxylation sites is 1. The molecule has 0 spiro atoms. The number of aromatic nitrogens is 3. The second kappa shape index (κ2) is 8.01. The highest BCUT2D eigenvalue weighted by Gasteiger charge is 2.24. The number of carbonyl (C=O) groups is 1. The number of fused-ring (bicyclic) bond motifs is 1. The minimum Gasteiger partial charge on any atom is -0.324 e. The monoisotopic (exact) mass is 370 g/mol. The van der Waals surface area contributed by atoms with Gasteiger partial charge in [0, 0.05) is 18.1 Å². The lowest BCUT2D eigenvalue weighted by atomic mass is 10.1. The summed E-state index contributed by atoms with van der Waals surface area (Å²) in [6.07, 6.45) is 5.38. The van der Waals surface area contributed by atoms with Crippen molar-refractivity contribution in [2.75, 3.05) is 17.3 Å². The molecule has 2 N–H and O–H groups in total. The van der Waals surface area contributed by atoms with Gasteiger partial charge in [-0.3, -0.25) is 14.6 Å². The Labute approximate surface area is 153 Å². The van der Waals surface area contributed by atoms with E-state index < -0.39 is 23.2 Å². The van der Waals surface area contributed by atoms with Gasteiger partial charge in [-0.1, -0.05) is 12.1 Å². The lowest BCUT2D eigenvalue weighted by molar-refractivity contribution is -0.119. The summed E-state index contributed by atoms with van der Waals surface area (Å²) in [7, 11) is 0. The van der Waals surface area contributed by atoms with Crippen LogP contribution in [0.15, 0.2) is 58.4 Å².